The predicted molar refractivity (Wildman–Crippen MR) is 74.2 cm³/mol. The van der Waals surface area contributed by atoms with Crippen molar-refractivity contribution in [2.75, 3.05) is 17.7 Å². The first-order chi connectivity index (χ1) is 9.13. The number of nitrogens with two attached hydrogens (primary N) is 1. The zero-order chi connectivity index (χ0) is 13.7. The standard InChI is InChI=1S/C12H14N4O2S/c1-8-15-16-12(19-8)14-11(17)5-6-18-10-4-2-3-9(13)7-10/h2-4,7H,5-6,13H2,1H3,(H,14,16,17). The van der Waals surface area contributed by atoms with Gasteiger partial charge in [-0.1, -0.05) is 17.4 Å². The number of aryl methyl sites for hydroxylation is 1. The molecular formula is C12H14N4O2S. The predicted octanol–water partition coefficient (Wildman–Crippen LogP) is 1.84. The van der Waals surface area contributed by atoms with E-state index in [0.717, 1.165) is 5.01 Å². The number of aromatic nitrogens is 2. The fourth-order valence-electron chi connectivity index (χ4n) is 1.39. The molecule has 100 valence electrons. The van der Waals surface area contributed by atoms with E-state index in [1.807, 2.05) is 6.92 Å². The lowest BCUT2D eigenvalue weighted by Crippen LogP contribution is -2.15. The highest BCUT2D eigenvalue weighted by molar-refractivity contribution is 7.15. The van der Waals surface area contributed by atoms with Crippen LogP contribution in [0.3, 0.4) is 0 Å². The number of carbonyl (C=O) groups is 1. The Kier molecular flexibility index (Phi) is 4.30. The van der Waals surface area contributed by atoms with Gasteiger partial charge in [-0.05, 0) is 19.1 Å². The van der Waals surface area contributed by atoms with Crippen molar-refractivity contribution in [2.45, 2.75) is 13.3 Å². The minimum absolute atomic E-state index is 0.153. The van der Waals surface area contributed by atoms with Crippen LogP contribution < -0.4 is 15.8 Å². The number of nitrogens with zero attached hydrogens (tertiary/aromatic N) is 2. The Labute approximate surface area is 114 Å². The molecule has 0 radical (unpaired) electrons. The molecule has 1 aromatic carbocycles. The number of anilines is 2. The third-order valence-electron chi connectivity index (χ3n) is 2.23. The summed E-state index contributed by atoms with van der Waals surface area (Å²) in [6.07, 6.45) is 0.243. The highest BCUT2D eigenvalue weighted by Gasteiger charge is 2.06. The van der Waals surface area contributed by atoms with E-state index in [1.165, 1.54) is 11.3 Å². The molecule has 19 heavy (non-hydrogen) atoms. The molecule has 3 N–H and O–H groups in total. The Bertz CT molecular complexity index is 570. The normalized spacial score (nSPS) is 10.2. The van der Waals surface area contributed by atoms with Gasteiger partial charge in [0.15, 0.2) is 0 Å². The van der Waals surface area contributed by atoms with Gasteiger partial charge in [0.2, 0.25) is 11.0 Å². The summed E-state index contributed by atoms with van der Waals surface area (Å²) in [5.41, 5.74) is 6.25. The zero-order valence-electron chi connectivity index (χ0n) is 10.4. The number of benzene rings is 1. The molecule has 1 aromatic heterocycles. The van der Waals surface area contributed by atoms with Gasteiger partial charge in [-0.25, -0.2) is 0 Å². The molecule has 0 saturated carbocycles. The molecule has 0 atom stereocenters. The maximum absolute atomic E-state index is 11.6. The number of hydrogen-bond acceptors (Lipinski definition) is 6. The van der Waals surface area contributed by atoms with Gasteiger partial charge >= 0.3 is 0 Å². The topological polar surface area (TPSA) is 90.1 Å². The summed E-state index contributed by atoms with van der Waals surface area (Å²) < 4.78 is 5.43. The van der Waals surface area contributed by atoms with Crippen molar-refractivity contribution >= 4 is 28.1 Å². The van der Waals surface area contributed by atoms with Crippen molar-refractivity contribution in [3.05, 3.63) is 29.3 Å². The van der Waals surface area contributed by atoms with Crippen LogP contribution in [0.25, 0.3) is 0 Å². The van der Waals surface area contributed by atoms with Gasteiger partial charge in [0.1, 0.15) is 10.8 Å². The first-order valence-electron chi connectivity index (χ1n) is 5.72. The molecule has 0 aliphatic carbocycles. The summed E-state index contributed by atoms with van der Waals surface area (Å²) in [7, 11) is 0. The van der Waals surface area contributed by atoms with Gasteiger partial charge in [-0.3, -0.25) is 4.79 Å². The molecule has 0 aliphatic rings. The summed E-state index contributed by atoms with van der Waals surface area (Å²) in [6, 6.07) is 7.08. The molecule has 2 aromatic rings. The zero-order valence-corrected chi connectivity index (χ0v) is 11.2. The molecule has 2 rings (SSSR count). The highest BCUT2D eigenvalue weighted by Crippen LogP contribution is 2.15. The van der Waals surface area contributed by atoms with E-state index in [0.29, 0.717) is 16.6 Å². The van der Waals surface area contributed by atoms with Gasteiger partial charge < -0.3 is 15.8 Å². The molecule has 0 aliphatic heterocycles. The van der Waals surface area contributed by atoms with Crippen LogP contribution >= 0.6 is 11.3 Å². The van der Waals surface area contributed by atoms with Gasteiger partial charge in [-0.2, -0.15) is 0 Å². The third-order valence-corrected chi connectivity index (χ3v) is 2.98. The molecule has 7 heteroatoms. The molecule has 0 spiro atoms. The molecule has 0 fully saturated rings. The van der Waals surface area contributed by atoms with Crippen LogP contribution in [-0.2, 0) is 4.79 Å². The number of nitrogen functional groups attached to an aromatic ring is 1. The molecule has 6 nitrogen and oxygen atoms in total. The minimum Gasteiger partial charge on any atom is -0.493 e. The smallest absolute Gasteiger partial charge is 0.229 e. The highest BCUT2D eigenvalue weighted by atomic mass is 32.1. The first-order valence-corrected chi connectivity index (χ1v) is 6.53. The second-order valence-corrected chi connectivity index (χ2v) is 5.03. The van der Waals surface area contributed by atoms with E-state index in [-0.39, 0.29) is 18.9 Å². The Morgan fingerprint density at radius 2 is 2.32 bits per heavy atom. The maximum Gasteiger partial charge on any atom is 0.229 e. The number of ether oxygens (including phenoxy) is 1. The average Bonchev–Trinajstić information content (AvgIpc) is 2.75. The lowest BCUT2D eigenvalue weighted by atomic mass is 10.3. The Morgan fingerprint density at radius 3 is 3.00 bits per heavy atom. The minimum atomic E-state index is -0.153. The lowest BCUT2D eigenvalue weighted by molar-refractivity contribution is -0.116. The van der Waals surface area contributed by atoms with Crippen LogP contribution in [0.5, 0.6) is 5.75 Å². The van der Waals surface area contributed by atoms with Crippen molar-refractivity contribution in [2.24, 2.45) is 0 Å². The summed E-state index contributed by atoms with van der Waals surface area (Å²) in [5, 5.41) is 11.6. The molecule has 0 unspecified atom stereocenters. The molecule has 1 amide bonds. The Morgan fingerprint density at radius 1 is 1.47 bits per heavy atom. The van der Waals surface area contributed by atoms with E-state index in [4.69, 9.17) is 10.5 Å². The fourth-order valence-corrected chi connectivity index (χ4v) is 2.00. The fraction of sp³-hybridized carbons (Fsp3) is 0.250. The van der Waals surface area contributed by atoms with Gasteiger partial charge in [0.05, 0.1) is 13.0 Å². The summed E-state index contributed by atoms with van der Waals surface area (Å²) in [4.78, 5) is 11.6. The third kappa shape index (κ3) is 4.22. The quantitative estimate of drug-likeness (QED) is 0.814. The Hall–Kier alpha value is -2.15. The first kappa shape index (κ1) is 13.3. The van der Waals surface area contributed by atoms with E-state index in [2.05, 4.69) is 15.5 Å². The van der Waals surface area contributed by atoms with E-state index in [9.17, 15) is 4.79 Å². The number of hydrogen-bond donors (Lipinski definition) is 2. The van der Waals surface area contributed by atoms with E-state index in [1.54, 1.807) is 24.3 Å². The van der Waals surface area contributed by atoms with Crippen LogP contribution in [0, 0.1) is 6.92 Å². The molecule has 1 heterocycles. The van der Waals surface area contributed by atoms with Crippen LogP contribution in [0.2, 0.25) is 0 Å². The SMILES string of the molecule is Cc1nnc(NC(=O)CCOc2cccc(N)c2)s1. The van der Waals surface area contributed by atoms with Gasteiger partial charge in [-0.15, -0.1) is 10.2 Å². The van der Waals surface area contributed by atoms with Crippen LogP contribution in [0.15, 0.2) is 24.3 Å². The Balaban J connectivity index is 1.75. The second-order valence-electron chi connectivity index (χ2n) is 3.85. The molecule has 0 saturated heterocycles. The van der Waals surface area contributed by atoms with Crippen LogP contribution in [-0.4, -0.2) is 22.7 Å². The number of nitrogens with one attached hydrogen (secondary N) is 1. The summed E-state index contributed by atoms with van der Waals surface area (Å²) in [5.74, 6) is 0.500. The largest absolute Gasteiger partial charge is 0.493 e. The number of carbonyl (C=O) groups excluding carboxylic acids is 1. The van der Waals surface area contributed by atoms with Crippen molar-refractivity contribution in [3.63, 3.8) is 0 Å². The average molecular weight is 278 g/mol. The van der Waals surface area contributed by atoms with Crippen molar-refractivity contribution in [1.29, 1.82) is 0 Å². The monoisotopic (exact) mass is 278 g/mol. The van der Waals surface area contributed by atoms with Crippen molar-refractivity contribution < 1.29 is 9.53 Å². The van der Waals surface area contributed by atoms with Gasteiger partial charge in [0.25, 0.3) is 0 Å². The lowest BCUT2D eigenvalue weighted by Gasteiger charge is -2.06. The van der Waals surface area contributed by atoms with Gasteiger partial charge in [0, 0.05) is 11.8 Å². The maximum atomic E-state index is 11.6. The van der Waals surface area contributed by atoms with Crippen molar-refractivity contribution in [1.82, 2.24) is 10.2 Å². The van der Waals surface area contributed by atoms with Crippen molar-refractivity contribution in [3.8, 4) is 5.75 Å². The molecular weight excluding hydrogens is 264 g/mol. The van der Waals surface area contributed by atoms with E-state index < -0.39 is 0 Å². The summed E-state index contributed by atoms with van der Waals surface area (Å²) >= 11 is 1.34. The van der Waals surface area contributed by atoms with E-state index >= 15 is 0 Å². The number of amides is 1. The molecule has 0 bridgehead atoms. The number of rotatable bonds is 5. The second kappa shape index (κ2) is 6.14. The summed E-state index contributed by atoms with van der Waals surface area (Å²) in [6.45, 7) is 2.11. The van der Waals surface area contributed by atoms with Crippen LogP contribution in [0.4, 0.5) is 10.8 Å². The van der Waals surface area contributed by atoms with Crippen LogP contribution in [0.1, 0.15) is 11.4 Å².